The zero-order valence-corrected chi connectivity index (χ0v) is 20.5. The van der Waals surface area contributed by atoms with E-state index in [1.807, 2.05) is 30.3 Å². The molecule has 1 aliphatic heterocycles. The number of piperidine rings is 1. The highest BCUT2D eigenvalue weighted by Crippen LogP contribution is 2.43. The first-order valence-corrected chi connectivity index (χ1v) is 12.9. The highest BCUT2D eigenvalue weighted by atomic mass is 32.2. The lowest BCUT2D eigenvalue weighted by Gasteiger charge is -2.41. The molecule has 0 atom stereocenters. The Labute approximate surface area is 208 Å². The maximum Gasteiger partial charge on any atom is 0.573 e. The van der Waals surface area contributed by atoms with E-state index in [1.165, 1.54) is 23.5 Å². The van der Waals surface area contributed by atoms with E-state index in [0.717, 1.165) is 12.1 Å². The highest BCUT2D eigenvalue weighted by Gasteiger charge is 2.49. The van der Waals surface area contributed by atoms with Crippen LogP contribution in [0.5, 0.6) is 11.5 Å². The van der Waals surface area contributed by atoms with Crippen LogP contribution in [0.25, 0.3) is 0 Å². The molecule has 0 spiro atoms. The van der Waals surface area contributed by atoms with Crippen molar-refractivity contribution in [3.8, 4) is 11.5 Å². The molecule has 0 bridgehead atoms. The molecule has 0 amide bonds. The van der Waals surface area contributed by atoms with Gasteiger partial charge in [0.15, 0.2) is 0 Å². The van der Waals surface area contributed by atoms with Gasteiger partial charge in [-0.2, -0.15) is 0 Å². The first-order valence-electron chi connectivity index (χ1n) is 11.4. The number of ether oxygens (including phenoxy) is 2. The van der Waals surface area contributed by atoms with Crippen LogP contribution in [0, 0.1) is 0 Å². The van der Waals surface area contributed by atoms with E-state index in [0.29, 0.717) is 42.8 Å². The van der Waals surface area contributed by atoms with Crippen LogP contribution < -0.4 is 19.1 Å². The third-order valence-electron chi connectivity index (χ3n) is 6.34. The van der Waals surface area contributed by atoms with Crippen LogP contribution in [0.4, 0.5) is 18.9 Å². The average molecular weight is 521 g/mol. The molecular formula is C26H27F3N2O4S. The standard InChI is InChI=1S/C26H27F3N2O4S/c1-34-23-11-7-20(8-12-23)19-31(22-9-13-24(14-10-22)35-26(27,28)29)36(32,33)25(15-17-30-18-16-25)21-5-3-2-4-6-21/h2-14,30H,15-19H2,1H3. The number of hydrogen-bond donors (Lipinski definition) is 1. The van der Waals surface area contributed by atoms with Gasteiger partial charge >= 0.3 is 6.36 Å². The Morgan fingerprint density at radius 3 is 2.03 bits per heavy atom. The molecule has 10 heteroatoms. The molecule has 1 fully saturated rings. The van der Waals surface area contributed by atoms with Gasteiger partial charge in [-0.1, -0.05) is 42.5 Å². The lowest BCUT2D eigenvalue weighted by atomic mass is 9.89. The van der Waals surface area contributed by atoms with Crippen LogP contribution in [-0.4, -0.2) is 35.0 Å². The lowest BCUT2D eigenvalue weighted by Crippen LogP contribution is -2.51. The van der Waals surface area contributed by atoms with Crippen LogP contribution in [-0.2, 0) is 21.3 Å². The molecule has 0 aliphatic carbocycles. The minimum atomic E-state index is -4.84. The van der Waals surface area contributed by atoms with Gasteiger partial charge in [0.05, 0.1) is 19.3 Å². The van der Waals surface area contributed by atoms with Crippen molar-refractivity contribution in [1.29, 1.82) is 0 Å². The molecule has 3 aromatic carbocycles. The van der Waals surface area contributed by atoms with Crippen LogP contribution in [0.15, 0.2) is 78.9 Å². The summed E-state index contributed by atoms with van der Waals surface area (Å²) in [5.74, 6) is 0.202. The number of sulfonamides is 1. The summed E-state index contributed by atoms with van der Waals surface area (Å²) in [7, 11) is -2.52. The number of methoxy groups -OCH3 is 1. The molecular weight excluding hydrogens is 493 g/mol. The molecule has 6 nitrogen and oxygen atoms in total. The van der Waals surface area contributed by atoms with Gasteiger partial charge in [0.1, 0.15) is 16.2 Å². The molecule has 1 aliphatic rings. The lowest BCUT2D eigenvalue weighted by molar-refractivity contribution is -0.274. The SMILES string of the molecule is COc1ccc(CN(c2ccc(OC(F)(F)F)cc2)S(=O)(=O)C2(c3ccccc3)CCNCC2)cc1. The fourth-order valence-corrected chi connectivity index (χ4v) is 6.80. The quantitative estimate of drug-likeness (QED) is 0.442. The second-order valence-electron chi connectivity index (χ2n) is 8.51. The molecule has 0 unspecified atom stereocenters. The molecule has 0 radical (unpaired) electrons. The maximum absolute atomic E-state index is 14.5. The predicted octanol–water partition coefficient (Wildman–Crippen LogP) is 5.21. The normalized spacial score (nSPS) is 15.8. The van der Waals surface area contributed by atoms with E-state index in [4.69, 9.17) is 4.74 Å². The molecule has 3 aromatic rings. The Morgan fingerprint density at radius 1 is 0.889 bits per heavy atom. The number of rotatable bonds is 8. The van der Waals surface area contributed by atoms with E-state index < -0.39 is 26.9 Å². The average Bonchev–Trinajstić information content (AvgIpc) is 2.88. The second-order valence-corrected chi connectivity index (χ2v) is 10.7. The van der Waals surface area contributed by atoms with Gasteiger partial charge in [-0.05, 0) is 73.5 Å². The van der Waals surface area contributed by atoms with E-state index in [-0.39, 0.29) is 12.2 Å². The molecule has 0 saturated carbocycles. The van der Waals surface area contributed by atoms with Crippen LogP contribution >= 0.6 is 0 Å². The summed E-state index contributed by atoms with van der Waals surface area (Å²) in [6.07, 6.45) is -4.13. The highest BCUT2D eigenvalue weighted by molar-refractivity contribution is 7.93. The van der Waals surface area contributed by atoms with Crippen molar-refractivity contribution in [1.82, 2.24) is 5.32 Å². The molecule has 1 N–H and O–H groups in total. The van der Waals surface area contributed by atoms with Gasteiger partial charge in [-0.25, -0.2) is 8.42 Å². The number of nitrogens with one attached hydrogen (secondary N) is 1. The van der Waals surface area contributed by atoms with Gasteiger partial charge in [0, 0.05) is 0 Å². The molecule has 0 aromatic heterocycles. The van der Waals surface area contributed by atoms with E-state index in [9.17, 15) is 21.6 Å². The van der Waals surface area contributed by atoms with Gasteiger partial charge in [0.25, 0.3) is 0 Å². The summed E-state index contributed by atoms with van der Waals surface area (Å²) in [4.78, 5) is 0. The van der Waals surface area contributed by atoms with Gasteiger partial charge < -0.3 is 14.8 Å². The van der Waals surface area contributed by atoms with Crippen LogP contribution in [0.2, 0.25) is 0 Å². The van der Waals surface area contributed by atoms with Gasteiger partial charge in [0.2, 0.25) is 10.0 Å². The Kier molecular flexibility index (Phi) is 7.46. The van der Waals surface area contributed by atoms with E-state index in [1.54, 1.807) is 24.3 Å². The maximum atomic E-state index is 14.5. The molecule has 36 heavy (non-hydrogen) atoms. The van der Waals surface area contributed by atoms with E-state index >= 15 is 0 Å². The van der Waals surface area contributed by atoms with Crippen LogP contribution in [0.1, 0.15) is 24.0 Å². The largest absolute Gasteiger partial charge is 0.573 e. The number of anilines is 1. The predicted molar refractivity (Wildman–Crippen MR) is 131 cm³/mol. The zero-order chi connectivity index (χ0) is 25.8. The second kappa shape index (κ2) is 10.4. The fourth-order valence-electron chi connectivity index (χ4n) is 4.50. The molecule has 192 valence electrons. The first-order chi connectivity index (χ1) is 17.1. The summed E-state index contributed by atoms with van der Waals surface area (Å²) in [6, 6.07) is 21.0. The topological polar surface area (TPSA) is 67.9 Å². The molecule has 4 rings (SSSR count). The molecule has 1 heterocycles. The Hall–Kier alpha value is -3.24. The van der Waals surface area contributed by atoms with Gasteiger partial charge in [-0.15, -0.1) is 13.2 Å². The molecule has 1 saturated heterocycles. The number of halogens is 3. The summed E-state index contributed by atoms with van der Waals surface area (Å²) in [5.41, 5.74) is 1.63. The van der Waals surface area contributed by atoms with E-state index in [2.05, 4.69) is 10.1 Å². The van der Waals surface area contributed by atoms with Crippen molar-refractivity contribution in [2.45, 2.75) is 30.5 Å². The van der Waals surface area contributed by atoms with Crippen molar-refractivity contribution in [3.63, 3.8) is 0 Å². The fraction of sp³-hybridized carbons (Fsp3) is 0.308. The Balaban J connectivity index is 1.80. The smallest absolute Gasteiger partial charge is 0.497 e. The third-order valence-corrected chi connectivity index (χ3v) is 8.89. The van der Waals surface area contributed by atoms with Crippen molar-refractivity contribution in [2.24, 2.45) is 0 Å². The summed E-state index contributed by atoms with van der Waals surface area (Å²) < 4.78 is 76.3. The first kappa shape index (κ1) is 25.8. The van der Waals surface area contributed by atoms with Crippen LogP contribution in [0.3, 0.4) is 0 Å². The monoisotopic (exact) mass is 520 g/mol. The van der Waals surface area contributed by atoms with Crippen molar-refractivity contribution in [2.75, 3.05) is 24.5 Å². The number of nitrogens with zero attached hydrogens (tertiary/aromatic N) is 1. The zero-order valence-electron chi connectivity index (χ0n) is 19.7. The Morgan fingerprint density at radius 2 is 1.47 bits per heavy atom. The number of alkyl halides is 3. The summed E-state index contributed by atoms with van der Waals surface area (Å²) >= 11 is 0. The summed E-state index contributed by atoms with van der Waals surface area (Å²) in [5, 5.41) is 3.23. The number of benzene rings is 3. The number of hydrogen-bond acceptors (Lipinski definition) is 5. The minimum Gasteiger partial charge on any atom is -0.497 e. The van der Waals surface area contributed by atoms with Crippen molar-refractivity contribution in [3.05, 3.63) is 90.0 Å². The summed E-state index contributed by atoms with van der Waals surface area (Å²) in [6.45, 7) is 1.03. The van der Waals surface area contributed by atoms with Crippen molar-refractivity contribution < 1.29 is 31.1 Å². The Bertz CT molecular complexity index is 1240. The van der Waals surface area contributed by atoms with Gasteiger partial charge in [-0.3, -0.25) is 4.31 Å². The minimum absolute atomic E-state index is 0.00614. The third kappa shape index (κ3) is 5.44. The van der Waals surface area contributed by atoms with Crippen molar-refractivity contribution >= 4 is 15.7 Å².